The van der Waals surface area contributed by atoms with Crippen LogP contribution in [0.15, 0.2) is 231 Å². The SMILES string of the molecule is c1ccc(-c2c(-c3ccccc3)n(-c3cc4c5ccccc5c(-n5c(-c6ccccc6)c(-c6ccccc6)c6ccccc65)cc4c4ccccc34)c3ccccc23)cc1. The number of para-hydroxylation sites is 2. The molecule has 0 radical (unpaired) electrons. The number of rotatable bonds is 6. The molecule has 0 fully saturated rings. The van der Waals surface area contributed by atoms with Gasteiger partial charge in [0, 0.05) is 32.7 Å². The molecule has 0 spiro atoms. The summed E-state index contributed by atoms with van der Waals surface area (Å²) in [5.41, 5.74) is 14.3. The van der Waals surface area contributed by atoms with Gasteiger partial charge in [-0.15, -0.1) is 0 Å². The van der Waals surface area contributed by atoms with Crippen molar-refractivity contribution in [1.29, 1.82) is 0 Å². The Morgan fingerprint density at radius 3 is 0.867 bits per heavy atom. The van der Waals surface area contributed by atoms with Gasteiger partial charge in [0.1, 0.15) is 0 Å². The molecule has 2 aromatic heterocycles. The molecular weight excluding hydrogens is 725 g/mol. The molecule has 0 amide bonds. The maximum Gasteiger partial charge on any atom is 0.0619 e. The lowest BCUT2D eigenvalue weighted by Crippen LogP contribution is -2.02. The molecule has 280 valence electrons. The quantitative estimate of drug-likeness (QED) is 0.149. The molecule has 2 heteroatoms. The topological polar surface area (TPSA) is 9.86 Å². The van der Waals surface area contributed by atoms with Crippen molar-refractivity contribution in [1.82, 2.24) is 9.13 Å². The minimum atomic E-state index is 1.16. The second-order valence-electron chi connectivity index (χ2n) is 15.6. The second-order valence-corrected chi connectivity index (χ2v) is 15.6. The summed E-state index contributed by atoms with van der Waals surface area (Å²) in [5, 5.41) is 9.75. The van der Waals surface area contributed by atoms with Gasteiger partial charge in [0.25, 0.3) is 0 Å². The highest BCUT2D eigenvalue weighted by Crippen LogP contribution is 2.48. The van der Waals surface area contributed by atoms with Crippen molar-refractivity contribution in [2.75, 3.05) is 0 Å². The van der Waals surface area contributed by atoms with Gasteiger partial charge in [-0.25, -0.2) is 0 Å². The van der Waals surface area contributed by atoms with Crippen LogP contribution in [0.4, 0.5) is 0 Å². The van der Waals surface area contributed by atoms with Gasteiger partial charge >= 0.3 is 0 Å². The average Bonchev–Trinajstić information content (AvgIpc) is 3.86. The minimum absolute atomic E-state index is 1.16. The molecule has 0 aliphatic carbocycles. The van der Waals surface area contributed by atoms with Crippen molar-refractivity contribution in [3.05, 3.63) is 231 Å². The highest BCUT2D eigenvalue weighted by Gasteiger charge is 2.26. The zero-order chi connectivity index (χ0) is 39.6. The lowest BCUT2D eigenvalue weighted by molar-refractivity contribution is 1.15. The van der Waals surface area contributed by atoms with Crippen LogP contribution in [-0.4, -0.2) is 9.13 Å². The van der Waals surface area contributed by atoms with Gasteiger partial charge in [-0.05, 0) is 68.1 Å². The van der Waals surface area contributed by atoms with Crippen LogP contribution in [0.1, 0.15) is 0 Å². The van der Waals surface area contributed by atoms with Gasteiger partial charge in [-0.1, -0.05) is 206 Å². The van der Waals surface area contributed by atoms with E-state index in [0.29, 0.717) is 0 Å². The van der Waals surface area contributed by atoms with Crippen LogP contribution in [0.2, 0.25) is 0 Å². The Bertz CT molecular complexity index is 3320. The molecule has 0 aliphatic rings. The van der Waals surface area contributed by atoms with E-state index in [2.05, 4.69) is 240 Å². The number of nitrogens with zero attached hydrogens (tertiary/aromatic N) is 2. The highest BCUT2D eigenvalue weighted by atomic mass is 15.0. The summed E-state index contributed by atoms with van der Waals surface area (Å²) in [7, 11) is 0. The van der Waals surface area contributed by atoms with Crippen LogP contribution in [-0.2, 0) is 0 Å². The van der Waals surface area contributed by atoms with E-state index < -0.39 is 0 Å². The smallest absolute Gasteiger partial charge is 0.0619 e. The minimum Gasteiger partial charge on any atom is -0.308 e. The Balaban J connectivity index is 1.23. The summed E-state index contributed by atoms with van der Waals surface area (Å²) in [5.74, 6) is 0. The van der Waals surface area contributed by atoms with Gasteiger partial charge < -0.3 is 9.13 Å². The van der Waals surface area contributed by atoms with Crippen molar-refractivity contribution in [2.45, 2.75) is 0 Å². The standard InChI is InChI=1S/C58H38N2/c1-5-21-39(22-6-1)55-47-33-17-19-35-51(47)59(57(55)41-25-9-3-10-26-41)53-37-49-44-30-14-16-32-46(44)54(38-50(49)43-29-13-15-31-45(43)53)60-52-36-20-18-34-48(52)56(40-23-7-2-8-24-40)58(60)42-27-11-4-12-28-42/h1-38H. The largest absolute Gasteiger partial charge is 0.308 e. The van der Waals surface area contributed by atoms with E-state index in [1.54, 1.807) is 0 Å². The van der Waals surface area contributed by atoms with Crippen LogP contribution in [0.5, 0.6) is 0 Å². The van der Waals surface area contributed by atoms with Gasteiger partial charge in [0.05, 0.1) is 33.8 Å². The Hall–Kier alpha value is -7.94. The first kappa shape index (κ1) is 34.1. The maximum absolute atomic E-state index is 2.52. The Kier molecular flexibility index (Phi) is 7.89. The first-order valence-electron chi connectivity index (χ1n) is 20.7. The monoisotopic (exact) mass is 762 g/mol. The van der Waals surface area contributed by atoms with Gasteiger partial charge in [0.2, 0.25) is 0 Å². The van der Waals surface area contributed by atoms with E-state index in [4.69, 9.17) is 0 Å². The molecule has 2 heterocycles. The van der Waals surface area contributed by atoms with Crippen LogP contribution >= 0.6 is 0 Å². The predicted molar refractivity (Wildman–Crippen MR) is 254 cm³/mol. The van der Waals surface area contributed by atoms with E-state index in [0.717, 1.165) is 11.4 Å². The van der Waals surface area contributed by atoms with Crippen LogP contribution < -0.4 is 0 Å². The Morgan fingerprint density at radius 2 is 0.500 bits per heavy atom. The van der Waals surface area contributed by atoms with Gasteiger partial charge in [0.15, 0.2) is 0 Å². The fourth-order valence-electron chi connectivity index (χ4n) is 9.80. The number of aromatic nitrogens is 2. The van der Waals surface area contributed by atoms with Crippen LogP contribution in [0.3, 0.4) is 0 Å². The molecule has 0 bridgehead atoms. The number of hydrogen-bond donors (Lipinski definition) is 0. The molecule has 12 aromatic rings. The van der Waals surface area contributed by atoms with Crippen molar-refractivity contribution in [2.24, 2.45) is 0 Å². The van der Waals surface area contributed by atoms with Crippen molar-refractivity contribution >= 4 is 54.1 Å². The van der Waals surface area contributed by atoms with E-state index in [9.17, 15) is 0 Å². The normalized spacial score (nSPS) is 11.7. The van der Waals surface area contributed by atoms with E-state index in [-0.39, 0.29) is 0 Å². The molecule has 60 heavy (non-hydrogen) atoms. The molecule has 2 nitrogen and oxygen atoms in total. The lowest BCUT2D eigenvalue weighted by atomic mass is 9.94. The molecule has 0 saturated heterocycles. The van der Waals surface area contributed by atoms with E-state index >= 15 is 0 Å². The summed E-state index contributed by atoms with van der Waals surface area (Å²) < 4.78 is 5.05. The van der Waals surface area contributed by atoms with Crippen molar-refractivity contribution in [3.63, 3.8) is 0 Å². The fourth-order valence-corrected chi connectivity index (χ4v) is 9.80. The number of hydrogen-bond acceptors (Lipinski definition) is 0. The number of benzene rings is 10. The molecule has 0 aliphatic heterocycles. The molecule has 0 saturated carbocycles. The van der Waals surface area contributed by atoms with Crippen molar-refractivity contribution in [3.8, 4) is 56.1 Å². The van der Waals surface area contributed by atoms with Gasteiger partial charge in [-0.3, -0.25) is 0 Å². The lowest BCUT2D eigenvalue weighted by Gasteiger charge is -2.20. The molecule has 10 aromatic carbocycles. The van der Waals surface area contributed by atoms with Crippen molar-refractivity contribution < 1.29 is 0 Å². The zero-order valence-electron chi connectivity index (χ0n) is 32.8. The fraction of sp³-hybridized carbons (Fsp3) is 0. The summed E-state index contributed by atoms with van der Waals surface area (Å²) >= 11 is 0. The second kappa shape index (κ2) is 13.9. The van der Waals surface area contributed by atoms with Crippen LogP contribution in [0, 0.1) is 0 Å². The van der Waals surface area contributed by atoms with E-state index in [1.165, 1.54) is 98.9 Å². The maximum atomic E-state index is 2.52. The molecule has 0 unspecified atom stereocenters. The van der Waals surface area contributed by atoms with Crippen LogP contribution in [0.25, 0.3) is 110 Å². The third kappa shape index (κ3) is 5.21. The Labute approximate surface area is 348 Å². The molecule has 0 N–H and O–H groups in total. The summed E-state index contributed by atoms with van der Waals surface area (Å²) in [6, 6.07) is 84.2. The van der Waals surface area contributed by atoms with E-state index in [1.807, 2.05) is 0 Å². The highest BCUT2D eigenvalue weighted by molar-refractivity contribution is 6.23. The molecule has 12 rings (SSSR count). The predicted octanol–water partition coefficient (Wildman–Crippen LogP) is 15.7. The first-order valence-corrected chi connectivity index (χ1v) is 20.7. The zero-order valence-corrected chi connectivity index (χ0v) is 32.8. The summed E-state index contributed by atoms with van der Waals surface area (Å²) in [6.07, 6.45) is 0. The van der Waals surface area contributed by atoms with Gasteiger partial charge in [-0.2, -0.15) is 0 Å². The third-order valence-corrected chi connectivity index (χ3v) is 12.3. The third-order valence-electron chi connectivity index (χ3n) is 12.3. The molecule has 0 atom stereocenters. The Morgan fingerprint density at radius 1 is 0.217 bits per heavy atom. The number of fused-ring (bicyclic) bond motifs is 7. The average molecular weight is 763 g/mol. The molecular formula is C58H38N2. The summed E-state index contributed by atoms with van der Waals surface area (Å²) in [6.45, 7) is 0. The first-order chi connectivity index (χ1) is 29.8. The summed E-state index contributed by atoms with van der Waals surface area (Å²) in [4.78, 5) is 0.